The van der Waals surface area contributed by atoms with Crippen LogP contribution >= 0.6 is 12.4 Å². The topological polar surface area (TPSA) is 69.6 Å². The summed E-state index contributed by atoms with van der Waals surface area (Å²) in [7, 11) is 0. The monoisotopic (exact) mass is 243 g/mol. The summed E-state index contributed by atoms with van der Waals surface area (Å²) in [5.74, 6) is -0.924. The van der Waals surface area contributed by atoms with Crippen LogP contribution in [0.3, 0.4) is 0 Å². The number of carboxylic acid groups (broad SMARTS) is 1. The first-order chi connectivity index (χ1) is 7.18. The van der Waals surface area contributed by atoms with E-state index in [9.17, 15) is 4.79 Å². The second kappa shape index (κ2) is 5.18. The number of hydrogen-bond acceptors (Lipinski definition) is 3. The third-order valence-corrected chi connectivity index (χ3v) is 2.85. The van der Waals surface area contributed by atoms with Crippen molar-refractivity contribution in [2.45, 2.75) is 5.92 Å². The third kappa shape index (κ3) is 2.46. The molecule has 88 valence electrons. The number of carboxylic acids is 1. The van der Waals surface area contributed by atoms with Gasteiger partial charge in [-0.15, -0.1) is 12.4 Å². The smallest absolute Gasteiger partial charge is 0.308 e. The lowest BCUT2D eigenvalue weighted by Crippen LogP contribution is -2.20. The second-order valence-electron chi connectivity index (χ2n) is 3.80. The van der Waals surface area contributed by atoms with E-state index in [4.69, 9.17) is 10.2 Å². The van der Waals surface area contributed by atoms with Crippen molar-refractivity contribution in [3.8, 4) is 5.75 Å². The summed E-state index contributed by atoms with van der Waals surface area (Å²) in [5, 5.41) is 21.2. The first-order valence-electron chi connectivity index (χ1n) is 4.91. The standard InChI is InChI=1S/C11H13NO3.ClH/c13-8-3-1-7(2-4-8)9-5-12-6-10(9)11(14)15;/h1-4,9-10,12-13H,5-6H2,(H,14,15);1H/t9-,10+;/m1./s1. The zero-order valence-corrected chi connectivity index (χ0v) is 9.41. The van der Waals surface area contributed by atoms with Crippen molar-refractivity contribution >= 4 is 18.4 Å². The summed E-state index contributed by atoms with van der Waals surface area (Å²) in [5.41, 5.74) is 0.963. The summed E-state index contributed by atoms with van der Waals surface area (Å²) < 4.78 is 0. The number of benzene rings is 1. The van der Waals surface area contributed by atoms with Gasteiger partial charge in [-0.1, -0.05) is 12.1 Å². The second-order valence-corrected chi connectivity index (χ2v) is 3.80. The first-order valence-corrected chi connectivity index (χ1v) is 4.91. The number of aromatic hydroxyl groups is 1. The average Bonchev–Trinajstić information content (AvgIpc) is 2.67. The summed E-state index contributed by atoms with van der Waals surface area (Å²) in [4.78, 5) is 11.0. The van der Waals surface area contributed by atoms with Gasteiger partial charge >= 0.3 is 5.97 Å². The normalized spacial score (nSPS) is 23.8. The first kappa shape index (κ1) is 12.8. The van der Waals surface area contributed by atoms with Crippen LogP contribution in [-0.2, 0) is 4.79 Å². The highest BCUT2D eigenvalue weighted by molar-refractivity contribution is 5.85. The highest BCUT2D eigenvalue weighted by atomic mass is 35.5. The van der Waals surface area contributed by atoms with Crippen molar-refractivity contribution in [1.29, 1.82) is 0 Å². The Bertz CT molecular complexity index is 366. The van der Waals surface area contributed by atoms with Crippen molar-refractivity contribution in [2.75, 3.05) is 13.1 Å². The molecule has 0 radical (unpaired) electrons. The molecule has 2 rings (SSSR count). The maximum absolute atomic E-state index is 11.0. The summed E-state index contributed by atoms with van der Waals surface area (Å²) >= 11 is 0. The van der Waals surface area contributed by atoms with Crippen molar-refractivity contribution in [2.24, 2.45) is 5.92 Å². The molecule has 0 aromatic heterocycles. The Morgan fingerprint density at radius 1 is 1.25 bits per heavy atom. The molecule has 1 aliphatic heterocycles. The predicted octanol–water partition coefficient (Wildman–Crippen LogP) is 1.20. The van der Waals surface area contributed by atoms with Crippen LogP contribution in [0.15, 0.2) is 24.3 Å². The molecule has 0 amide bonds. The molecule has 0 saturated carbocycles. The Morgan fingerprint density at radius 2 is 1.88 bits per heavy atom. The van der Waals surface area contributed by atoms with E-state index in [2.05, 4.69) is 5.32 Å². The molecule has 16 heavy (non-hydrogen) atoms. The molecule has 0 bridgehead atoms. The minimum absolute atomic E-state index is 0. The molecule has 1 fully saturated rings. The Morgan fingerprint density at radius 3 is 2.44 bits per heavy atom. The Kier molecular flexibility index (Phi) is 4.15. The van der Waals surface area contributed by atoms with Gasteiger partial charge in [-0.25, -0.2) is 0 Å². The minimum atomic E-state index is -0.766. The van der Waals surface area contributed by atoms with Crippen molar-refractivity contribution < 1.29 is 15.0 Å². The van der Waals surface area contributed by atoms with E-state index in [1.54, 1.807) is 24.3 Å². The van der Waals surface area contributed by atoms with E-state index in [-0.39, 0.29) is 30.0 Å². The van der Waals surface area contributed by atoms with Gasteiger partial charge in [0.25, 0.3) is 0 Å². The molecular formula is C11H14ClNO3. The van der Waals surface area contributed by atoms with Gasteiger partial charge in [-0.3, -0.25) is 4.79 Å². The fourth-order valence-corrected chi connectivity index (χ4v) is 2.01. The fraction of sp³-hybridized carbons (Fsp3) is 0.364. The van der Waals surface area contributed by atoms with Gasteiger partial charge in [-0.2, -0.15) is 0 Å². The maximum Gasteiger partial charge on any atom is 0.308 e. The highest BCUT2D eigenvalue weighted by Crippen LogP contribution is 2.29. The van der Waals surface area contributed by atoms with E-state index >= 15 is 0 Å². The lowest BCUT2D eigenvalue weighted by molar-refractivity contribution is -0.141. The molecule has 5 heteroatoms. The quantitative estimate of drug-likeness (QED) is 0.730. The fourth-order valence-electron chi connectivity index (χ4n) is 2.01. The molecule has 2 atom stereocenters. The molecule has 3 N–H and O–H groups in total. The van der Waals surface area contributed by atoms with Crippen molar-refractivity contribution in [1.82, 2.24) is 5.32 Å². The van der Waals surface area contributed by atoms with Crippen molar-refractivity contribution in [3.05, 3.63) is 29.8 Å². The van der Waals surface area contributed by atoms with E-state index in [0.717, 1.165) is 5.56 Å². The van der Waals surface area contributed by atoms with E-state index < -0.39 is 5.97 Å². The van der Waals surface area contributed by atoms with Crippen LogP contribution in [0.1, 0.15) is 11.5 Å². The lowest BCUT2D eigenvalue weighted by Gasteiger charge is -2.14. The van der Waals surface area contributed by atoms with Crippen molar-refractivity contribution in [3.63, 3.8) is 0 Å². The molecule has 1 aromatic carbocycles. The highest BCUT2D eigenvalue weighted by Gasteiger charge is 2.33. The van der Waals surface area contributed by atoms with Crippen LogP contribution in [0.2, 0.25) is 0 Å². The molecular weight excluding hydrogens is 230 g/mol. The molecule has 4 nitrogen and oxygen atoms in total. The van der Waals surface area contributed by atoms with E-state index in [0.29, 0.717) is 13.1 Å². The van der Waals surface area contributed by atoms with Gasteiger partial charge in [0.1, 0.15) is 5.75 Å². The summed E-state index contributed by atoms with van der Waals surface area (Å²) in [6.45, 7) is 1.20. The van der Waals surface area contributed by atoms with Gasteiger partial charge in [0.15, 0.2) is 0 Å². The largest absolute Gasteiger partial charge is 0.508 e. The molecule has 0 aliphatic carbocycles. The molecule has 1 saturated heterocycles. The van der Waals surface area contributed by atoms with Gasteiger partial charge in [0.05, 0.1) is 5.92 Å². The number of nitrogens with one attached hydrogen (secondary N) is 1. The van der Waals surface area contributed by atoms with Crippen LogP contribution in [0.5, 0.6) is 5.75 Å². The van der Waals surface area contributed by atoms with Crippen LogP contribution in [0.4, 0.5) is 0 Å². The Hall–Kier alpha value is -1.26. The van der Waals surface area contributed by atoms with Gasteiger partial charge in [0.2, 0.25) is 0 Å². The Balaban J connectivity index is 0.00000128. The third-order valence-electron chi connectivity index (χ3n) is 2.85. The van der Waals surface area contributed by atoms with Gasteiger partial charge < -0.3 is 15.5 Å². The van der Waals surface area contributed by atoms with Gasteiger partial charge in [0, 0.05) is 19.0 Å². The van der Waals surface area contributed by atoms with Crippen LogP contribution in [-0.4, -0.2) is 29.3 Å². The van der Waals surface area contributed by atoms with E-state index in [1.165, 1.54) is 0 Å². The van der Waals surface area contributed by atoms with Gasteiger partial charge in [-0.05, 0) is 17.7 Å². The van der Waals surface area contributed by atoms with E-state index in [1.807, 2.05) is 0 Å². The van der Waals surface area contributed by atoms with Crippen LogP contribution in [0.25, 0.3) is 0 Å². The number of carbonyl (C=O) groups is 1. The molecule has 0 unspecified atom stereocenters. The summed E-state index contributed by atoms with van der Waals surface area (Å²) in [6.07, 6.45) is 0. The van der Waals surface area contributed by atoms with Crippen LogP contribution < -0.4 is 5.32 Å². The molecule has 1 aromatic rings. The number of phenolic OH excluding ortho intramolecular Hbond substituents is 1. The molecule has 1 aliphatic rings. The maximum atomic E-state index is 11.0. The zero-order valence-electron chi connectivity index (χ0n) is 8.59. The zero-order chi connectivity index (χ0) is 10.8. The molecule has 0 spiro atoms. The molecule has 1 heterocycles. The number of rotatable bonds is 2. The Labute approximate surface area is 99.7 Å². The van der Waals surface area contributed by atoms with Crippen LogP contribution in [0, 0.1) is 5.92 Å². The number of hydrogen-bond donors (Lipinski definition) is 3. The lowest BCUT2D eigenvalue weighted by atomic mass is 9.89. The SMILES string of the molecule is Cl.O=C(O)[C@H]1CNC[C@@H]1c1ccc(O)cc1. The average molecular weight is 244 g/mol. The number of phenols is 1. The predicted molar refractivity (Wildman–Crippen MR) is 62.1 cm³/mol. The minimum Gasteiger partial charge on any atom is -0.508 e. The summed E-state index contributed by atoms with van der Waals surface area (Å²) in [6, 6.07) is 6.74. The number of aliphatic carboxylic acids is 1. The number of halogens is 1.